The average Bonchev–Trinajstić information content (AvgIpc) is 2.68. The normalized spacial score (nSPS) is 31.1. The predicted molar refractivity (Wildman–Crippen MR) is 43.8 cm³/mol. The van der Waals surface area contributed by atoms with E-state index in [1.165, 1.54) is 0 Å². The van der Waals surface area contributed by atoms with Crippen molar-refractivity contribution >= 4 is 0 Å². The van der Waals surface area contributed by atoms with Crippen LogP contribution in [0.1, 0.15) is 14.4 Å². The largest absolute Gasteiger partial charge is 0.382 e. The van der Waals surface area contributed by atoms with E-state index in [2.05, 4.69) is 6.92 Å². The van der Waals surface area contributed by atoms with E-state index >= 15 is 0 Å². The van der Waals surface area contributed by atoms with Gasteiger partial charge in [0.1, 0.15) is 6.10 Å². The molecule has 0 spiro atoms. The number of hydrogen-bond donors (Lipinski definition) is 0. The lowest BCUT2D eigenvalue weighted by atomic mass is 10.5. The molecule has 2 saturated heterocycles. The Morgan fingerprint density at radius 2 is 1.82 bits per heavy atom. The summed E-state index contributed by atoms with van der Waals surface area (Å²) in [5.41, 5.74) is 0. The molecule has 0 saturated carbocycles. The number of methoxy groups -OCH3 is 1. The van der Waals surface area contributed by atoms with Crippen molar-refractivity contribution in [1.29, 1.82) is 0 Å². The van der Waals surface area contributed by atoms with Gasteiger partial charge in [-0.15, -0.1) is 0 Å². The summed E-state index contributed by atoms with van der Waals surface area (Å²) in [5.74, 6) is 0. The molecule has 0 aromatic rings. The van der Waals surface area contributed by atoms with Crippen molar-refractivity contribution in [3.63, 3.8) is 0 Å². The van der Waals surface area contributed by atoms with Crippen molar-refractivity contribution < 1.29 is 14.2 Å². The molecule has 0 N–H and O–H groups in total. The van der Waals surface area contributed by atoms with Crippen LogP contribution in [0.4, 0.5) is 0 Å². The first kappa shape index (κ1) is 10.9. The van der Waals surface area contributed by atoms with Gasteiger partial charge in [0.25, 0.3) is 0 Å². The molecule has 68 valence electrons. The zero-order chi connectivity index (χ0) is 7.40. The fraction of sp³-hybridized carbons (Fsp3) is 1.00. The summed E-state index contributed by atoms with van der Waals surface area (Å²) in [6.45, 7) is 4.70. The van der Waals surface area contributed by atoms with Gasteiger partial charge in [0.05, 0.1) is 25.9 Å². The Kier molecular flexibility index (Phi) is 5.46. The second kappa shape index (κ2) is 5.52. The zero-order valence-electron chi connectivity index (χ0n) is 6.50. The molecule has 0 radical (unpaired) electrons. The second-order valence-corrected chi connectivity index (χ2v) is 2.55. The summed E-state index contributed by atoms with van der Waals surface area (Å²) in [5, 5.41) is 0. The van der Waals surface area contributed by atoms with Gasteiger partial charge in [-0.2, -0.15) is 0 Å². The Balaban J connectivity index is 0.000000177. The van der Waals surface area contributed by atoms with E-state index < -0.39 is 0 Å². The summed E-state index contributed by atoms with van der Waals surface area (Å²) < 4.78 is 14.3. The zero-order valence-corrected chi connectivity index (χ0v) is 6.50. The van der Waals surface area contributed by atoms with E-state index in [0.29, 0.717) is 12.2 Å². The number of hydrogen-bond acceptors (Lipinski definition) is 3. The second-order valence-electron chi connectivity index (χ2n) is 2.55. The molecule has 2 aliphatic rings. The molecule has 2 unspecified atom stereocenters. The Bertz CT molecular complexity index is 87.3. The molecule has 0 aromatic carbocycles. The summed E-state index contributed by atoms with van der Waals surface area (Å²) in [6.07, 6.45) is 1.01. The minimum absolute atomic E-state index is 0. The molecule has 2 fully saturated rings. The van der Waals surface area contributed by atoms with Crippen LogP contribution in [0.3, 0.4) is 0 Å². The van der Waals surface area contributed by atoms with Crippen LogP contribution in [0.5, 0.6) is 0 Å². The molecular weight excluding hydrogens is 144 g/mol. The molecule has 0 amide bonds. The number of epoxide rings is 2. The van der Waals surface area contributed by atoms with Gasteiger partial charge in [-0.3, -0.25) is 0 Å². The lowest BCUT2D eigenvalue weighted by molar-refractivity contribution is 0.171. The summed E-state index contributed by atoms with van der Waals surface area (Å²) in [4.78, 5) is 0. The van der Waals surface area contributed by atoms with E-state index in [-0.39, 0.29) is 7.43 Å². The predicted octanol–water partition coefficient (Wildman–Crippen LogP) is 1.07. The quantitative estimate of drug-likeness (QED) is 0.570. The van der Waals surface area contributed by atoms with Crippen LogP contribution in [0.2, 0.25) is 0 Å². The third-order valence-corrected chi connectivity index (χ3v) is 1.25. The molecule has 3 nitrogen and oxygen atoms in total. The standard InChI is InChI=1S/C4H8O2.C3H6O.CH4/c1-5-2-4-3-6-4;1-3-2-4-3;/h4H,2-3H2,1H3;3H,2H2,1H3;1H4. The fourth-order valence-corrected chi connectivity index (χ4v) is 0.446. The van der Waals surface area contributed by atoms with Gasteiger partial charge in [0.15, 0.2) is 0 Å². The van der Waals surface area contributed by atoms with Crippen LogP contribution < -0.4 is 0 Å². The Labute approximate surface area is 68.6 Å². The van der Waals surface area contributed by atoms with Gasteiger partial charge < -0.3 is 14.2 Å². The molecule has 11 heavy (non-hydrogen) atoms. The Morgan fingerprint density at radius 1 is 1.36 bits per heavy atom. The van der Waals surface area contributed by atoms with E-state index in [9.17, 15) is 0 Å². The van der Waals surface area contributed by atoms with Crippen LogP contribution in [0, 0.1) is 0 Å². The number of rotatable bonds is 2. The monoisotopic (exact) mass is 162 g/mol. The Hall–Kier alpha value is -0.120. The smallest absolute Gasteiger partial charge is 0.104 e. The topological polar surface area (TPSA) is 34.3 Å². The first-order chi connectivity index (χ1) is 4.83. The maximum Gasteiger partial charge on any atom is 0.104 e. The highest BCUT2D eigenvalue weighted by Gasteiger charge is 2.21. The van der Waals surface area contributed by atoms with Crippen molar-refractivity contribution in [2.75, 3.05) is 26.9 Å². The van der Waals surface area contributed by atoms with Gasteiger partial charge in [0, 0.05) is 7.11 Å². The van der Waals surface area contributed by atoms with Gasteiger partial charge >= 0.3 is 0 Å². The van der Waals surface area contributed by atoms with Crippen LogP contribution in [-0.4, -0.2) is 39.1 Å². The highest BCUT2D eigenvalue weighted by atomic mass is 16.6. The molecule has 0 bridgehead atoms. The summed E-state index contributed by atoms with van der Waals surface area (Å²) >= 11 is 0. The minimum atomic E-state index is 0. The minimum Gasteiger partial charge on any atom is -0.382 e. The molecule has 0 aliphatic carbocycles. The fourth-order valence-electron chi connectivity index (χ4n) is 0.446. The third kappa shape index (κ3) is 7.78. The first-order valence-electron chi connectivity index (χ1n) is 3.55. The lowest BCUT2D eigenvalue weighted by Gasteiger charge is -1.84. The SMILES string of the molecule is C.CC1CO1.COCC1CO1. The van der Waals surface area contributed by atoms with Crippen LogP contribution >= 0.6 is 0 Å². The van der Waals surface area contributed by atoms with E-state index in [1.807, 2.05) is 0 Å². The van der Waals surface area contributed by atoms with Crippen LogP contribution in [0.25, 0.3) is 0 Å². The Morgan fingerprint density at radius 3 is 1.91 bits per heavy atom. The summed E-state index contributed by atoms with van der Waals surface area (Å²) in [6, 6.07) is 0. The van der Waals surface area contributed by atoms with Crippen LogP contribution in [0.15, 0.2) is 0 Å². The molecule has 3 heteroatoms. The highest BCUT2D eigenvalue weighted by Crippen LogP contribution is 2.07. The maximum absolute atomic E-state index is 4.82. The van der Waals surface area contributed by atoms with Crippen molar-refractivity contribution in [2.45, 2.75) is 26.6 Å². The van der Waals surface area contributed by atoms with Crippen molar-refractivity contribution in [2.24, 2.45) is 0 Å². The van der Waals surface area contributed by atoms with Gasteiger partial charge in [-0.25, -0.2) is 0 Å². The molecule has 2 heterocycles. The van der Waals surface area contributed by atoms with Crippen molar-refractivity contribution in [1.82, 2.24) is 0 Å². The third-order valence-electron chi connectivity index (χ3n) is 1.25. The van der Waals surface area contributed by atoms with Crippen molar-refractivity contribution in [3.05, 3.63) is 0 Å². The van der Waals surface area contributed by atoms with Gasteiger partial charge in [-0.1, -0.05) is 7.43 Å². The average molecular weight is 162 g/mol. The molecule has 2 aliphatic heterocycles. The highest BCUT2D eigenvalue weighted by molar-refractivity contribution is 4.66. The lowest BCUT2D eigenvalue weighted by Crippen LogP contribution is -1.94. The van der Waals surface area contributed by atoms with E-state index in [4.69, 9.17) is 14.2 Å². The molecule has 2 atom stereocenters. The molecule has 0 aromatic heterocycles. The first-order valence-corrected chi connectivity index (χ1v) is 3.55. The molecule has 2 rings (SSSR count). The van der Waals surface area contributed by atoms with E-state index in [0.717, 1.165) is 19.8 Å². The number of ether oxygens (including phenoxy) is 3. The van der Waals surface area contributed by atoms with Gasteiger partial charge in [-0.05, 0) is 6.92 Å². The van der Waals surface area contributed by atoms with Gasteiger partial charge in [0.2, 0.25) is 0 Å². The summed E-state index contributed by atoms with van der Waals surface area (Å²) in [7, 11) is 1.68. The maximum atomic E-state index is 4.82. The van der Waals surface area contributed by atoms with Crippen molar-refractivity contribution in [3.8, 4) is 0 Å². The van der Waals surface area contributed by atoms with Crippen LogP contribution in [-0.2, 0) is 14.2 Å². The molecular formula is C8H18O3. The van der Waals surface area contributed by atoms with E-state index in [1.54, 1.807) is 7.11 Å².